The molecule has 0 bridgehead atoms. The van der Waals surface area contributed by atoms with Crippen LogP contribution in [0.15, 0.2) is 0 Å². The number of rotatable bonds is 4. The van der Waals surface area contributed by atoms with Gasteiger partial charge in [-0.15, -0.1) is 0 Å². The van der Waals surface area contributed by atoms with E-state index in [1.807, 2.05) is 0 Å². The Morgan fingerprint density at radius 2 is 1.94 bits per heavy atom. The molecule has 3 heteroatoms. The van der Waals surface area contributed by atoms with Crippen LogP contribution in [0.1, 0.15) is 40.0 Å². The Morgan fingerprint density at radius 1 is 1.35 bits per heavy atom. The Balaban J connectivity index is 1.67. The molecular formula is C14H26N2O. The maximum atomic E-state index is 11.8. The molecule has 1 N–H and O–H groups in total. The van der Waals surface area contributed by atoms with Crippen LogP contribution in [-0.2, 0) is 4.79 Å². The first-order chi connectivity index (χ1) is 8.06. The van der Waals surface area contributed by atoms with Crippen molar-refractivity contribution in [1.29, 1.82) is 0 Å². The average molecular weight is 238 g/mol. The molecule has 0 radical (unpaired) electrons. The van der Waals surface area contributed by atoms with Crippen LogP contribution in [-0.4, -0.2) is 36.5 Å². The maximum absolute atomic E-state index is 11.8. The number of hydrogen-bond donors (Lipinski definition) is 1. The van der Waals surface area contributed by atoms with Crippen LogP contribution in [0.3, 0.4) is 0 Å². The van der Waals surface area contributed by atoms with Crippen molar-refractivity contribution in [3.05, 3.63) is 0 Å². The van der Waals surface area contributed by atoms with Crippen molar-refractivity contribution in [3.8, 4) is 0 Å². The molecule has 0 aromatic heterocycles. The van der Waals surface area contributed by atoms with Gasteiger partial charge in [-0.25, -0.2) is 0 Å². The van der Waals surface area contributed by atoms with E-state index < -0.39 is 0 Å². The van der Waals surface area contributed by atoms with Gasteiger partial charge in [0, 0.05) is 31.6 Å². The molecule has 98 valence electrons. The summed E-state index contributed by atoms with van der Waals surface area (Å²) in [5.74, 6) is 1.99. The lowest BCUT2D eigenvalue weighted by molar-refractivity contribution is -0.123. The van der Waals surface area contributed by atoms with Gasteiger partial charge < -0.3 is 10.2 Å². The summed E-state index contributed by atoms with van der Waals surface area (Å²) in [5, 5.41) is 3.22. The van der Waals surface area contributed by atoms with Gasteiger partial charge >= 0.3 is 0 Å². The van der Waals surface area contributed by atoms with Crippen LogP contribution >= 0.6 is 0 Å². The molecular weight excluding hydrogens is 212 g/mol. The summed E-state index contributed by atoms with van der Waals surface area (Å²) in [5.41, 5.74) is 0. The van der Waals surface area contributed by atoms with Crippen molar-refractivity contribution >= 4 is 5.91 Å². The zero-order valence-corrected chi connectivity index (χ0v) is 11.4. The van der Waals surface area contributed by atoms with Crippen molar-refractivity contribution in [1.82, 2.24) is 10.2 Å². The molecule has 2 atom stereocenters. The minimum atomic E-state index is 0.305. The molecule has 1 saturated heterocycles. The van der Waals surface area contributed by atoms with Gasteiger partial charge in [-0.1, -0.05) is 20.8 Å². The second-order valence-electron chi connectivity index (χ2n) is 6.30. The van der Waals surface area contributed by atoms with Gasteiger partial charge in [0.05, 0.1) is 0 Å². The highest BCUT2D eigenvalue weighted by Gasteiger charge is 2.39. The van der Waals surface area contributed by atoms with E-state index >= 15 is 0 Å². The van der Waals surface area contributed by atoms with E-state index in [0.717, 1.165) is 38.3 Å². The van der Waals surface area contributed by atoms with Crippen molar-refractivity contribution < 1.29 is 4.79 Å². The number of nitrogens with zero attached hydrogens (tertiary/aromatic N) is 1. The molecule has 3 nitrogen and oxygen atoms in total. The SMILES string of the molecule is CC(C)CN1CCC(NC(=O)C2CC2C)CC1. The summed E-state index contributed by atoms with van der Waals surface area (Å²) < 4.78 is 0. The molecule has 0 aromatic carbocycles. The predicted octanol–water partition coefficient (Wildman–Crippen LogP) is 1.88. The summed E-state index contributed by atoms with van der Waals surface area (Å²) in [6, 6.07) is 0.429. The summed E-state index contributed by atoms with van der Waals surface area (Å²) in [4.78, 5) is 14.3. The van der Waals surface area contributed by atoms with Crippen LogP contribution in [0.5, 0.6) is 0 Å². The Kier molecular flexibility index (Phi) is 4.08. The molecule has 2 rings (SSSR count). The monoisotopic (exact) mass is 238 g/mol. The van der Waals surface area contributed by atoms with E-state index in [2.05, 4.69) is 31.0 Å². The maximum Gasteiger partial charge on any atom is 0.223 e. The van der Waals surface area contributed by atoms with Crippen molar-refractivity contribution in [3.63, 3.8) is 0 Å². The molecule has 2 fully saturated rings. The number of hydrogen-bond acceptors (Lipinski definition) is 2. The molecule has 1 aliphatic carbocycles. The van der Waals surface area contributed by atoms with Gasteiger partial charge in [0.25, 0.3) is 0 Å². The summed E-state index contributed by atoms with van der Waals surface area (Å²) in [6.45, 7) is 10.2. The Hall–Kier alpha value is -0.570. The van der Waals surface area contributed by atoms with Crippen molar-refractivity contribution in [2.75, 3.05) is 19.6 Å². The lowest BCUT2D eigenvalue weighted by Crippen LogP contribution is -2.46. The van der Waals surface area contributed by atoms with E-state index in [1.54, 1.807) is 0 Å². The molecule has 0 spiro atoms. The van der Waals surface area contributed by atoms with Gasteiger partial charge in [-0.05, 0) is 31.1 Å². The number of nitrogens with one attached hydrogen (secondary N) is 1. The topological polar surface area (TPSA) is 32.3 Å². The average Bonchev–Trinajstić information content (AvgIpc) is 2.98. The van der Waals surface area contributed by atoms with Crippen LogP contribution in [0.25, 0.3) is 0 Å². The lowest BCUT2D eigenvalue weighted by atomic mass is 10.0. The standard InChI is InChI=1S/C14H26N2O/c1-10(2)9-16-6-4-12(5-7-16)15-14(17)13-8-11(13)3/h10-13H,4-9H2,1-3H3,(H,15,17). The Labute approximate surface area is 105 Å². The summed E-state index contributed by atoms with van der Waals surface area (Å²) in [7, 11) is 0. The summed E-state index contributed by atoms with van der Waals surface area (Å²) >= 11 is 0. The van der Waals surface area contributed by atoms with Gasteiger partial charge in [0.2, 0.25) is 5.91 Å². The molecule has 17 heavy (non-hydrogen) atoms. The number of carbonyl (C=O) groups excluding carboxylic acids is 1. The predicted molar refractivity (Wildman–Crippen MR) is 69.7 cm³/mol. The lowest BCUT2D eigenvalue weighted by Gasteiger charge is -2.33. The van der Waals surface area contributed by atoms with Gasteiger partial charge in [0.15, 0.2) is 0 Å². The first kappa shape index (κ1) is 12.9. The quantitative estimate of drug-likeness (QED) is 0.811. The molecule has 1 heterocycles. The minimum absolute atomic E-state index is 0.305. The highest BCUT2D eigenvalue weighted by atomic mass is 16.2. The molecule has 2 aliphatic rings. The first-order valence-electron chi connectivity index (χ1n) is 7.09. The fourth-order valence-corrected chi connectivity index (χ4v) is 2.77. The Morgan fingerprint density at radius 3 is 2.41 bits per heavy atom. The zero-order chi connectivity index (χ0) is 12.4. The van der Waals surface area contributed by atoms with Gasteiger partial charge in [-0.3, -0.25) is 4.79 Å². The number of piperidine rings is 1. The van der Waals surface area contributed by atoms with E-state index in [1.165, 1.54) is 6.54 Å². The zero-order valence-electron chi connectivity index (χ0n) is 11.4. The van der Waals surface area contributed by atoms with Crippen LogP contribution in [0.2, 0.25) is 0 Å². The highest BCUT2D eigenvalue weighted by Crippen LogP contribution is 2.37. The third-order valence-corrected chi connectivity index (χ3v) is 4.00. The molecule has 1 saturated carbocycles. The Bertz CT molecular complexity index is 269. The van der Waals surface area contributed by atoms with Crippen LogP contribution < -0.4 is 5.32 Å². The molecule has 1 aliphatic heterocycles. The van der Waals surface area contributed by atoms with Crippen LogP contribution in [0.4, 0.5) is 0 Å². The van der Waals surface area contributed by atoms with E-state index in [9.17, 15) is 4.79 Å². The largest absolute Gasteiger partial charge is 0.353 e. The molecule has 1 amide bonds. The number of amides is 1. The smallest absolute Gasteiger partial charge is 0.223 e. The fourth-order valence-electron chi connectivity index (χ4n) is 2.77. The third kappa shape index (κ3) is 3.70. The van der Waals surface area contributed by atoms with Crippen molar-refractivity contribution in [2.24, 2.45) is 17.8 Å². The first-order valence-corrected chi connectivity index (χ1v) is 7.09. The van der Waals surface area contributed by atoms with Gasteiger partial charge in [0.1, 0.15) is 0 Å². The van der Waals surface area contributed by atoms with Gasteiger partial charge in [-0.2, -0.15) is 0 Å². The van der Waals surface area contributed by atoms with E-state index in [4.69, 9.17) is 0 Å². The second-order valence-corrected chi connectivity index (χ2v) is 6.30. The van der Waals surface area contributed by atoms with Crippen molar-refractivity contribution in [2.45, 2.75) is 46.1 Å². The van der Waals surface area contributed by atoms with E-state index in [-0.39, 0.29) is 0 Å². The highest BCUT2D eigenvalue weighted by molar-refractivity contribution is 5.81. The second kappa shape index (κ2) is 5.38. The molecule has 0 aromatic rings. The van der Waals surface area contributed by atoms with Crippen LogP contribution in [0, 0.1) is 17.8 Å². The van der Waals surface area contributed by atoms with E-state index in [0.29, 0.717) is 23.8 Å². The fraction of sp³-hybridized carbons (Fsp3) is 0.929. The number of carbonyl (C=O) groups is 1. The molecule has 2 unspecified atom stereocenters. The number of likely N-dealkylation sites (tertiary alicyclic amines) is 1. The normalized spacial score (nSPS) is 30.6. The third-order valence-electron chi connectivity index (χ3n) is 4.00. The minimum Gasteiger partial charge on any atom is -0.353 e. The summed E-state index contributed by atoms with van der Waals surface area (Å²) in [6.07, 6.45) is 3.34.